The van der Waals surface area contributed by atoms with E-state index in [4.69, 9.17) is 9.84 Å². The second-order valence-electron chi connectivity index (χ2n) is 3.77. The van der Waals surface area contributed by atoms with Gasteiger partial charge in [-0.1, -0.05) is 6.92 Å². The Kier molecular flexibility index (Phi) is 9.52. The Morgan fingerprint density at radius 3 is 2.73 bits per heavy atom. The van der Waals surface area contributed by atoms with E-state index < -0.39 is 5.97 Å². The summed E-state index contributed by atoms with van der Waals surface area (Å²) < 4.78 is 5.18. The molecule has 4 nitrogen and oxygen atoms in total. The standard InChI is InChI=1S/C11H23NO3/c1-3-15-9-8-12-7-6-10(2)4-5-11(13)14/h10,12H,3-9H2,1-2H3,(H,13,14). The molecule has 1 unspecified atom stereocenters. The minimum absolute atomic E-state index is 0.278. The van der Waals surface area contributed by atoms with Gasteiger partial charge in [0, 0.05) is 19.6 Å². The maximum Gasteiger partial charge on any atom is 0.303 e. The van der Waals surface area contributed by atoms with Gasteiger partial charge in [0.15, 0.2) is 0 Å². The van der Waals surface area contributed by atoms with Crippen LogP contribution < -0.4 is 5.32 Å². The van der Waals surface area contributed by atoms with Crippen molar-refractivity contribution in [3.8, 4) is 0 Å². The minimum atomic E-state index is -0.703. The van der Waals surface area contributed by atoms with Crippen LogP contribution >= 0.6 is 0 Å². The fourth-order valence-electron chi connectivity index (χ4n) is 1.28. The monoisotopic (exact) mass is 217 g/mol. The highest BCUT2D eigenvalue weighted by molar-refractivity contribution is 5.66. The van der Waals surface area contributed by atoms with Gasteiger partial charge in [0.05, 0.1) is 6.61 Å². The molecule has 2 N–H and O–H groups in total. The van der Waals surface area contributed by atoms with Crippen molar-refractivity contribution >= 4 is 5.97 Å². The number of carboxylic acid groups (broad SMARTS) is 1. The first-order valence-corrected chi connectivity index (χ1v) is 5.67. The lowest BCUT2D eigenvalue weighted by atomic mass is 10.0. The van der Waals surface area contributed by atoms with Crippen molar-refractivity contribution in [2.24, 2.45) is 5.92 Å². The molecule has 0 radical (unpaired) electrons. The number of aliphatic carboxylic acids is 1. The van der Waals surface area contributed by atoms with Crippen molar-refractivity contribution in [2.75, 3.05) is 26.3 Å². The van der Waals surface area contributed by atoms with Crippen LogP contribution in [0.5, 0.6) is 0 Å². The zero-order valence-corrected chi connectivity index (χ0v) is 9.79. The van der Waals surface area contributed by atoms with E-state index in [1.165, 1.54) is 0 Å². The summed E-state index contributed by atoms with van der Waals surface area (Å²) in [4.78, 5) is 10.3. The first-order chi connectivity index (χ1) is 7.16. The van der Waals surface area contributed by atoms with Gasteiger partial charge in [-0.25, -0.2) is 0 Å². The highest BCUT2D eigenvalue weighted by atomic mass is 16.5. The van der Waals surface area contributed by atoms with Crippen molar-refractivity contribution in [1.82, 2.24) is 5.32 Å². The Morgan fingerprint density at radius 2 is 2.13 bits per heavy atom. The largest absolute Gasteiger partial charge is 0.481 e. The summed E-state index contributed by atoms with van der Waals surface area (Å²) in [5.74, 6) is -0.230. The lowest BCUT2D eigenvalue weighted by Crippen LogP contribution is -2.22. The molecule has 0 aliphatic heterocycles. The van der Waals surface area contributed by atoms with E-state index in [1.54, 1.807) is 0 Å². The predicted octanol–water partition coefficient (Wildman–Crippen LogP) is 1.50. The third kappa shape index (κ3) is 11.3. The summed E-state index contributed by atoms with van der Waals surface area (Å²) in [6.45, 7) is 7.39. The highest BCUT2D eigenvalue weighted by Gasteiger charge is 2.04. The molecule has 0 aromatic rings. The molecule has 0 heterocycles. The summed E-state index contributed by atoms with van der Waals surface area (Å²) in [5.41, 5.74) is 0. The normalized spacial score (nSPS) is 12.7. The zero-order chi connectivity index (χ0) is 11.5. The molecule has 0 aliphatic rings. The van der Waals surface area contributed by atoms with Gasteiger partial charge in [0.2, 0.25) is 0 Å². The molecule has 15 heavy (non-hydrogen) atoms. The number of nitrogens with one attached hydrogen (secondary N) is 1. The highest BCUT2D eigenvalue weighted by Crippen LogP contribution is 2.08. The maximum absolute atomic E-state index is 10.3. The zero-order valence-electron chi connectivity index (χ0n) is 9.79. The molecule has 1 atom stereocenters. The average Bonchev–Trinajstić information content (AvgIpc) is 2.20. The van der Waals surface area contributed by atoms with Crippen LogP contribution in [0.1, 0.15) is 33.1 Å². The van der Waals surface area contributed by atoms with E-state index >= 15 is 0 Å². The van der Waals surface area contributed by atoms with E-state index in [0.717, 1.165) is 39.1 Å². The summed E-state index contributed by atoms with van der Waals surface area (Å²) >= 11 is 0. The van der Waals surface area contributed by atoms with Crippen LogP contribution in [-0.2, 0) is 9.53 Å². The van der Waals surface area contributed by atoms with E-state index in [9.17, 15) is 4.79 Å². The van der Waals surface area contributed by atoms with Gasteiger partial charge in [-0.05, 0) is 32.2 Å². The number of hydrogen-bond acceptors (Lipinski definition) is 3. The first kappa shape index (κ1) is 14.4. The Balaban J connectivity index is 3.16. The third-order valence-electron chi connectivity index (χ3n) is 2.29. The predicted molar refractivity (Wildman–Crippen MR) is 60.0 cm³/mol. The van der Waals surface area contributed by atoms with Crippen LogP contribution in [0.3, 0.4) is 0 Å². The van der Waals surface area contributed by atoms with Crippen molar-refractivity contribution in [3.05, 3.63) is 0 Å². The molecule has 90 valence electrons. The SMILES string of the molecule is CCOCCNCCC(C)CCC(=O)O. The Hall–Kier alpha value is -0.610. The van der Waals surface area contributed by atoms with Gasteiger partial charge in [-0.15, -0.1) is 0 Å². The van der Waals surface area contributed by atoms with Crippen molar-refractivity contribution in [3.63, 3.8) is 0 Å². The Morgan fingerprint density at radius 1 is 1.40 bits per heavy atom. The van der Waals surface area contributed by atoms with Crippen LogP contribution in [0.2, 0.25) is 0 Å². The molecule has 0 aromatic carbocycles. The summed E-state index contributed by atoms with van der Waals surface area (Å²) in [7, 11) is 0. The average molecular weight is 217 g/mol. The van der Waals surface area contributed by atoms with Gasteiger partial charge in [0.1, 0.15) is 0 Å². The smallest absolute Gasteiger partial charge is 0.303 e. The van der Waals surface area contributed by atoms with Crippen LogP contribution in [0.15, 0.2) is 0 Å². The first-order valence-electron chi connectivity index (χ1n) is 5.67. The molecule has 0 aliphatic carbocycles. The topological polar surface area (TPSA) is 58.6 Å². The van der Waals surface area contributed by atoms with Gasteiger partial charge >= 0.3 is 5.97 Å². The Labute approximate surface area is 92.0 Å². The second-order valence-corrected chi connectivity index (χ2v) is 3.77. The van der Waals surface area contributed by atoms with Crippen molar-refractivity contribution in [2.45, 2.75) is 33.1 Å². The fraction of sp³-hybridized carbons (Fsp3) is 0.909. The molecule has 4 heteroatoms. The fourth-order valence-corrected chi connectivity index (χ4v) is 1.28. The number of ether oxygens (including phenoxy) is 1. The summed E-state index contributed by atoms with van der Waals surface area (Å²) in [6, 6.07) is 0. The molecule has 0 rings (SSSR count). The summed E-state index contributed by atoms with van der Waals surface area (Å²) in [5, 5.41) is 11.8. The molecule has 0 aromatic heterocycles. The van der Waals surface area contributed by atoms with E-state index in [2.05, 4.69) is 12.2 Å². The maximum atomic E-state index is 10.3. The molecule has 0 saturated heterocycles. The number of carboxylic acids is 1. The summed E-state index contributed by atoms with van der Waals surface area (Å²) in [6.07, 6.45) is 2.07. The minimum Gasteiger partial charge on any atom is -0.481 e. The number of rotatable bonds is 10. The second kappa shape index (κ2) is 9.93. The molecule has 0 bridgehead atoms. The molecule has 0 spiro atoms. The van der Waals surface area contributed by atoms with E-state index in [0.29, 0.717) is 5.92 Å². The third-order valence-corrected chi connectivity index (χ3v) is 2.29. The quantitative estimate of drug-likeness (QED) is 0.544. The lowest BCUT2D eigenvalue weighted by molar-refractivity contribution is -0.137. The molecular formula is C11H23NO3. The van der Waals surface area contributed by atoms with Gasteiger partial charge in [0.25, 0.3) is 0 Å². The number of carbonyl (C=O) groups is 1. The van der Waals surface area contributed by atoms with Crippen molar-refractivity contribution < 1.29 is 14.6 Å². The van der Waals surface area contributed by atoms with Crippen LogP contribution in [0.4, 0.5) is 0 Å². The van der Waals surface area contributed by atoms with Crippen molar-refractivity contribution in [1.29, 1.82) is 0 Å². The molecule has 0 fully saturated rings. The van der Waals surface area contributed by atoms with Crippen LogP contribution in [-0.4, -0.2) is 37.4 Å². The van der Waals surface area contributed by atoms with E-state index in [1.807, 2.05) is 6.92 Å². The van der Waals surface area contributed by atoms with Gasteiger partial charge in [-0.3, -0.25) is 4.79 Å². The molecule has 0 saturated carbocycles. The lowest BCUT2D eigenvalue weighted by Gasteiger charge is -2.10. The Bertz CT molecular complexity index is 162. The number of hydrogen-bond donors (Lipinski definition) is 2. The molecule has 0 amide bonds. The van der Waals surface area contributed by atoms with Crippen LogP contribution in [0, 0.1) is 5.92 Å². The van der Waals surface area contributed by atoms with E-state index in [-0.39, 0.29) is 6.42 Å². The van der Waals surface area contributed by atoms with Gasteiger partial charge in [-0.2, -0.15) is 0 Å². The van der Waals surface area contributed by atoms with Crippen LogP contribution in [0.25, 0.3) is 0 Å². The molecular weight excluding hydrogens is 194 g/mol. The van der Waals surface area contributed by atoms with Gasteiger partial charge < -0.3 is 15.2 Å².